The van der Waals surface area contributed by atoms with Gasteiger partial charge in [-0.25, -0.2) is 0 Å². The number of phenolic OH excluding ortho intramolecular Hbond substituents is 1. The summed E-state index contributed by atoms with van der Waals surface area (Å²) in [6.07, 6.45) is 1.61. The number of aromatic hydroxyl groups is 1. The van der Waals surface area contributed by atoms with Gasteiger partial charge in [0.15, 0.2) is 0 Å². The van der Waals surface area contributed by atoms with Crippen molar-refractivity contribution in [1.29, 1.82) is 0 Å². The highest BCUT2D eigenvalue weighted by molar-refractivity contribution is 5.57. The predicted octanol–water partition coefficient (Wildman–Crippen LogP) is 3.61. The van der Waals surface area contributed by atoms with Gasteiger partial charge in [-0.3, -0.25) is 0 Å². The average molecular weight is 226 g/mol. The first kappa shape index (κ1) is 11.3. The van der Waals surface area contributed by atoms with Gasteiger partial charge < -0.3 is 9.84 Å². The van der Waals surface area contributed by atoms with Crippen molar-refractivity contribution < 1.29 is 9.84 Å². The topological polar surface area (TPSA) is 29.5 Å². The van der Waals surface area contributed by atoms with Crippen LogP contribution in [0.25, 0.3) is 6.08 Å². The fourth-order valence-corrected chi connectivity index (χ4v) is 1.53. The molecule has 2 aromatic carbocycles. The minimum atomic E-state index is 0.186. The van der Waals surface area contributed by atoms with Crippen molar-refractivity contribution in [2.75, 3.05) is 0 Å². The molecule has 0 heterocycles. The van der Waals surface area contributed by atoms with Gasteiger partial charge >= 0.3 is 0 Å². The standard InChI is InChI=1S/C15H14O2/c1-2-13-8-9-14(10-15(13)16)17-11-12-6-4-3-5-7-12/h2-10,16H,1,11H2. The van der Waals surface area contributed by atoms with E-state index in [9.17, 15) is 5.11 Å². The van der Waals surface area contributed by atoms with Crippen LogP contribution in [0.1, 0.15) is 11.1 Å². The van der Waals surface area contributed by atoms with Gasteiger partial charge in [-0.05, 0) is 17.7 Å². The Balaban J connectivity index is 2.05. The SMILES string of the molecule is C=Cc1ccc(OCc2ccccc2)cc1O. The summed E-state index contributed by atoms with van der Waals surface area (Å²) < 4.78 is 5.58. The summed E-state index contributed by atoms with van der Waals surface area (Å²) in [7, 11) is 0. The zero-order valence-corrected chi connectivity index (χ0v) is 9.47. The van der Waals surface area contributed by atoms with E-state index in [4.69, 9.17) is 4.74 Å². The lowest BCUT2D eigenvalue weighted by atomic mass is 10.2. The van der Waals surface area contributed by atoms with Crippen LogP contribution < -0.4 is 4.74 Å². The molecular weight excluding hydrogens is 212 g/mol. The summed E-state index contributed by atoms with van der Waals surface area (Å²) in [6.45, 7) is 4.11. The maximum absolute atomic E-state index is 9.64. The number of benzene rings is 2. The Morgan fingerprint density at radius 2 is 1.88 bits per heavy atom. The second-order valence-electron chi connectivity index (χ2n) is 3.70. The molecule has 0 aliphatic rings. The zero-order valence-electron chi connectivity index (χ0n) is 9.47. The molecule has 0 unspecified atom stereocenters. The highest BCUT2D eigenvalue weighted by Gasteiger charge is 2.00. The molecule has 0 aliphatic heterocycles. The van der Waals surface area contributed by atoms with Gasteiger partial charge in [0.2, 0.25) is 0 Å². The molecule has 1 N–H and O–H groups in total. The number of hydrogen-bond acceptors (Lipinski definition) is 2. The first-order valence-corrected chi connectivity index (χ1v) is 5.42. The Morgan fingerprint density at radius 1 is 1.12 bits per heavy atom. The molecule has 0 saturated carbocycles. The molecule has 0 aliphatic carbocycles. The Hall–Kier alpha value is -2.22. The molecule has 2 heteroatoms. The van der Waals surface area contributed by atoms with E-state index in [0.29, 0.717) is 17.9 Å². The van der Waals surface area contributed by atoms with Crippen LogP contribution in [0.4, 0.5) is 0 Å². The fourth-order valence-electron chi connectivity index (χ4n) is 1.53. The first-order chi connectivity index (χ1) is 8.29. The molecule has 2 nitrogen and oxygen atoms in total. The van der Waals surface area contributed by atoms with E-state index >= 15 is 0 Å². The molecule has 17 heavy (non-hydrogen) atoms. The van der Waals surface area contributed by atoms with Crippen LogP contribution >= 0.6 is 0 Å². The summed E-state index contributed by atoms with van der Waals surface area (Å²) in [5.41, 5.74) is 1.80. The minimum absolute atomic E-state index is 0.186. The molecular formula is C15H14O2. The molecule has 86 valence electrons. The minimum Gasteiger partial charge on any atom is -0.507 e. The molecule has 0 bridgehead atoms. The van der Waals surface area contributed by atoms with Crippen molar-refractivity contribution >= 4 is 6.08 Å². The molecule has 0 amide bonds. The quantitative estimate of drug-likeness (QED) is 0.862. The smallest absolute Gasteiger partial charge is 0.126 e. The Morgan fingerprint density at radius 3 is 2.53 bits per heavy atom. The van der Waals surface area contributed by atoms with Crippen LogP contribution in [0.5, 0.6) is 11.5 Å². The first-order valence-electron chi connectivity index (χ1n) is 5.42. The van der Waals surface area contributed by atoms with Crippen molar-refractivity contribution in [2.45, 2.75) is 6.61 Å². The largest absolute Gasteiger partial charge is 0.507 e. The van der Waals surface area contributed by atoms with Crippen molar-refractivity contribution in [2.24, 2.45) is 0 Å². The van der Waals surface area contributed by atoms with Crippen molar-refractivity contribution in [1.82, 2.24) is 0 Å². The highest BCUT2D eigenvalue weighted by Crippen LogP contribution is 2.24. The van der Waals surface area contributed by atoms with Crippen LogP contribution in [0.15, 0.2) is 55.1 Å². The van der Waals surface area contributed by atoms with Gasteiger partial charge in [0.05, 0.1) is 0 Å². The summed E-state index contributed by atoms with van der Waals surface area (Å²) in [5, 5.41) is 9.64. The number of phenols is 1. The second-order valence-corrected chi connectivity index (χ2v) is 3.70. The van der Waals surface area contributed by atoms with E-state index in [1.165, 1.54) is 0 Å². The normalized spacial score (nSPS) is 9.88. The maximum atomic E-state index is 9.64. The maximum Gasteiger partial charge on any atom is 0.126 e. The molecule has 0 spiro atoms. The van der Waals surface area contributed by atoms with Gasteiger partial charge in [0, 0.05) is 11.6 Å². The van der Waals surface area contributed by atoms with Crippen LogP contribution in [0.2, 0.25) is 0 Å². The molecule has 2 aromatic rings. The van der Waals surface area contributed by atoms with E-state index in [1.807, 2.05) is 36.4 Å². The number of hydrogen-bond donors (Lipinski definition) is 1. The van der Waals surface area contributed by atoms with Crippen molar-refractivity contribution in [3.8, 4) is 11.5 Å². The van der Waals surface area contributed by atoms with Gasteiger partial charge in [0.1, 0.15) is 18.1 Å². The monoisotopic (exact) mass is 226 g/mol. The summed E-state index contributed by atoms with van der Waals surface area (Å²) in [5.74, 6) is 0.836. The lowest BCUT2D eigenvalue weighted by Crippen LogP contribution is -1.94. The van der Waals surface area contributed by atoms with E-state index in [1.54, 1.807) is 18.2 Å². The van der Waals surface area contributed by atoms with Crippen LogP contribution in [-0.2, 0) is 6.61 Å². The highest BCUT2D eigenvalue weighted by atomic mass is 16.5. The Kier molecular flexibility index (Phi) is 3.46. The van der Waals surface area contributed by atoms with E-state index in [0.717, 1.165) is 5.56 Å². The third-order valence-corrected chi connectivity index (χ3v) is 2.47. The third kappa shape index (κ3) is 2.88. The van der Waals surface area contributed by atoms with Gasteiger partial charge in [-0.15, -0.1) is 0 Å². The van der Waals surface area contributed by atoms with Crippen molar-refractivity contribution in [3.05, 3.63) is 66.2 Å². The van der Waals surface area contributed by atoms with Crippen LogP contribution in [0, 0.1) is 0 Å². The number of ether oxygens (including phenoxy) is 1. The Bertz CT molecular complexity index is 504. The van der Waals surface area contributed by atoms with E-state index in [2.05, 4.69) is 6.58 Å². The summed E-state index contributed by atoms with van der Waals surface area (Å²) >= 11 is 0. The van der Waals surface area contributed by atoms with Crippen LogP contribution in [0.3, 0.4) is 0 Å². The van der Waals surface area contributed by atoms with Crippen LogP contribution in [-0.4, -0.2) is 5.11 Å². The van der Waals surface area contributed by atoms with Gasteiger partial charge in [-0.2, -0.15) is 0 Å². The second kappa shape index (κ2) is 5.21. The zero-order chi connectivity index (χ0) is 12.1. The summed E-state index contributed by atoms with van der Waals surface area (Å²) in [6, 6.07) is 15.1. The van der Waals surface area contributed by atoms with E-state index in [-0.39, 0.29) is 5.75 Å². The molecule has 0 saturated heterocycles. The number of rotatable bonds is 4. The lowest BCUT2D eigenvalue weighted by Gasteiger charge is -2.07. The molecule has 0 atom stereocenters. The van der Waals surface area contributed by atoms with Crippen molar-refractivity contribution in [3.63, 3.8) is 0 Å². The average Bonchev–Trinajstić information content (AvgIpc) is 2.38. The van der Waals surface area contributed by atoms with Gasteiger partial charge in [0.25, 0.3) is 0 Å². The molecule has 2 rings (SSSR count). The Labute approximate surface area is 101 Å². The molecule has 0 aromatic heterocycles. The third-order valence-electron chi connectivity index (χ3n) is 2.47. The lowest BCUT2D eigenvalue weighted by molar-refractivity contribution is 0.304. The van der Waals surface area contributed by atoms with Gasteiger partial charge in [-0.1, -0.05) is 43.0 Å². The molecule has 0 radical (unpaired) electrons. The molecule has 0 fully saturated rings. The predicted molar refractivity (Wildman–Crippen MR) is 69.0 cm³/mol. The fraction of sp³-hybridized carbons (Fsp3) is 0.0667. The summed E-state index contributed by atoms with van der Waals surface area (Å²) in [4.78, 5) is 0. The van der Waals surface area contributed by atoms with E-state index < -0.39 is 0 Å².